The number of rotatable bonds is 11. The third-order valence-corrected chi connectivity index (χ3v) is 7.57. The van der Waals surface area contributed by atoms with E-state index in [2.05, 4.69) is 40.2 Å². The van der Waals surface area contributed by atoms with Crippen LogP contribution in [0.2, 0.25) is 0 Å². The largest absolute Gasteiger partial charge is 0.497 e. The Balaban J connectivity index is 1.98. The molecule has 1 aliphatic carbocycles. The third kappa shape index (κ3) is 8.50. The average molecular weight is 436 g/mol. The number of methoxy groups -OCH3 is 1. The first-order valence-electron chi connectivity index (χ1n) is 11.4. The first-order chi connectivity index (χ1) is 14.1. The summed E-state index contributed by atoms with van der Waals surface area (Å²) in [6.45, 7) is 8.40. The third-order valence-electron chi connectivity index (χ3n) is 6.31. The average Bonchev–Trinajstić information content (AvgIpc) is 3.21. The molecule has 0 spiro atoms. The van der Waals surface area contributed by atoms with Gasteiger partial charge in [0, 0.05) is 13.0 Å². The maximum absolute atomic E-state index is 13.3. The summed E-state index contributed by atoms with van der Waals surface area (Å²) in [4.78, 5) is 13.3. The van der Waals surface area contributed by atoms with Gasteiger partial charge in [0.25, 0.3) is 5.91 Å². The van der Waals surface area contributed by atoms with Crippen molar-refractivity contribution in [1.82, 2.24) is 5.32 Å². The summed E-state index contributed by atoms with van der Waals surface area (Å²) in [6.07, 6.45) is 6.59. The van der Waals surface area contributed by atoms with Crippen LogP contribution in [-0.2, 0) is 11.3 Å². The van der Waals surface area contributed by atoms with Crippen molar-refractivity contribution < 1.29 is 14.0 Å². The van der Waals surface area contributed by atoms with Crippen molar-refractivity contribution in [3.8, 4) is 5.75 Å². The van der Waals surface area contributed by atoms with Crippen LogP contribution in [0.4, 0.5) is 0 Å². The van der Waals surface area contributed by atoms with Crippen molar-refractivity contribution in [3.05, 3.63) is 29.8 Å². The highest BCUT2D eigenvalue weighted by Crippen LogP contribution is 2.29. The van der Waals surface area contributed by atoms with Crippen molar-refractivity contribution in [1.29, 1.82) is 0 Å². The van der Waals surface area contributed by atoms with Crippen molar-refractivity contribution in [3.63, 3.8) is 0 Å². The fraction of sp³-hybridized carbons (Fsp3) is 0.720. The molecule has 1 fully saturated rings. The molecular weight excluding hydrogens is 392 g/mol. The molecule has 0 bridgehead atoms. The number of hydrogen-bond acceptors (Lipinski definition) is 3. The maximum atomic E-state index is 13.3. The van der Waals surface area contributed by atoms with E-state index in [1.807, 2.05) is 36.0 Å². The molecule has 1 aromatic carbocycles. The molecule has 1 amide bonds. The minimum Gasteiger partial charge on any atom is -0.497 e. The first-order valence-corrected chi connectivity index (χ1v) is 12.6. The van der Waals surface area contributed by atoms with Crippen LogP contribution in [0.1, 0.15) is 58.4 Å². The second kappa shape index (κ2) is 11.4. The van der Waals surface area contributed by atoms with Gasteiger partial charge in [0.05, 0.1) is 33.5 Å². The Morgan fingerprint density at radius 3 is 2.40 bits per heavy atom. The van der Waals surface area contributed by atoms with Gasteiger partial charge in [0.1, 0.15) is 5.75 Å². The van der Waals surface area contributed by atoms with E-state index in [0.717, 1.165) is 40.4 Å². The lowest BCUT2D eigenvalue weighted by atomic mass is 9.91. The highest BCUT2D eigenvalue weighted by atomic mass is 32.2. The molecular formula is C25H43N2O2S+. The van der Waals surface area contributed by atoms with E-state index in [0.29, 0.717) is 6.54 Å². The van der Waals surface area contributed by atoms with Gasteiger partial charge in [-0.25, -0.2) is 0 Å². The normalized spacial score (nSPS) is 16.5. The standard InChI is InChI=1S/C25H42N2O2S/c1-25(2,3)15-16-27(4,5)23(19-30-18-21-9-7-8-10-21)24(28)26-17-20-11-13-22(29-6)14-12-20/h11-14,21,23H,7-10,15-19H2,1-6H3/p+1/t23-/m0/s1. The van der Waals surface area contributed by atoms with Crippen molar-refractivity contribution >= 4 is 17.7 Å². The summed E-state index contributed by atoms with van der Waals surface area (Å²) in [5.41, 5.74) is 1.37. The molecule has 2 rings (SSSR count). The summed E-state index contributed by atoms with van der Waals surface area (Å²) >= 11 is 1.98. The van der Waals surface area contributed by atoms with Crippen molar-refractivity contribution in [2.24, 2.45) is 11.3 Å². The lowest BCUT2D eigenvalue weighted by Gasteiger charge is -2.39. The van der Waals surface area contributed by atoms with Crippen LogP contribution < -0.4 is 10.1 Å². The molecule has 170 valence electrons. The monoisotopic (exact) mass is 435 g/mol. The van der Waals surface area contributed by atoms with Crippen LogP contribution in [0.3, 0.4) is 0 Å². The van der Waals surface area contributed by atoms with Crippen LogP contribution in [-0.4, -0.2) is 55.7 Å². The van der Waals surface area contributed by atoms with Crippen LogP contribution in [0, 0.1) is 11.3 Å². The molecule has 5 heteroatoms. The molecule has 1 N–H and O–H groups in total. The summed E-state index contributed by atoms with van der Waals surface area (Å²) in [5, 5.41) is 3.21. The number of ether oxygens (including phenoxy) is 1. The highest BCUT2D eigenvalue weighted by molar-refractivity contribution is 7.99. The Morgan fingerprint density at radius 2 is 1.83 bits per heavy atom. The lowest BCUT2D eigenvalue weighted by Crippen LogP contribution is -2.58. The minimum absolute atomic E-state index is 0.0306. The molecule has 1 aliphatic rings. The number of nitrogens with zero attached hydrogens (tertiary/aromatic N) is 1. The van der Waals surface area contributed by atoms with E-state index in [1.165, 1.54) is 31.4 Å². The number of carbonyl (C=O) groups excluding carboxylic acids is 1. The van der Waals surface area contributed by atoms with Gasteiger partial charge in [-0.3, -0.25) is 4.79 Å². The fourth-order valence-corrected chi connectivity index (χ4v) is 5.53. The zero-order chi connectivity index (χ0) is 22.2. The summed E-state index contributed by atoms with van der Waals surface area (Å²) in [7, 11) is 6.11. The molecule has 0 radical (unpaired) electrons. The van der Waals surface area contributed by atoms with Gasteiger partial charge in [0.15, 0.2) is 6.04 Å². The van der Waals surface area contributed by atoms with Gasteiger partial charge >= 0.3 is 0 Å². The van der Waals surface area contributed by atoms with E-state index in [-0.39, 0.29) is 17.4 Å². The topological polar surface area (TPSA) is 38.3 Å². The summed E-state index contributed by atoms with van der Waals surface area (Å²) in [5.74, 6) is 3.95. The highest BCUT2D eigenvalue weighted by Gasteiger charge is 2.35. The smallest absolute Gasteiger partial charge is 0.279 e. The van der Waals surface area contributed by atoms with Gasteiger partial charge in [-0.15, -0.1) is 0 Å². The van der Waals surface area contributed by atoms with Crippen molar-refractivity contribution in [2.75, 3.05) is 39.3 Å². The van der Waals surface area contributed by atoms with Gasteiger partial charge in [-0.1, -0.05) is 45.7 Å². The Hall–Kier alpha value is -1.20. The van der Waals surface area contributed by atoms with Crippen LogP contribution in [0.5, 0.6) is 5.75 Å². The first kappa shape index (κ1) is 25.1. The second-order valence-electron chi connectivity index (χ2n) is 10.6. The van der Waals surface area contributed by atoms with E-state index in [9.17, 15) is 4.79 Å². The molecule has 4 nitrogen and oxygen atoms in total. The predicted octanol–water partition coefficient (Wildman–Crippen LogP) is 5.12. The molecule has 0 unspecified atom stereocenters. The Kier molecular flexibility index (Phi) is 9.55. The number of thioether (sulfide) groups is 1. The zero-order valence-electron chi connectivity index (χ0n) is 20.0. The SMILES string of the molecule is COc1ccc(CNC(=O)[C@H](CSCC2CCCC2)[N+](C)(C)CCC(C)(C)C)cc1. The Bertz CT molecular complexity index is 646. The Labute approximate surface area is 188 Å². The summed E-state index contributed by atoms with van der Waals surface area (Å²) < 4.78 is 5.97. The molecule has 0 aliphatic heterocycles. The van der Waals surface area contributed by atoms with Gasteiger partial charge < -0.3 is 14.5 Å². The lowest BCUT2D eigenvalue weighted by molar-refractivity contribution is -0.904. The van der Waals surface area contributed by atoms with Crippen LogP contribution >= 0.6 is 11.8 Å². The van der Waals surface area contributed by atoms with Crippen LogP contribution in [0.25, 0.3) is 0 Å². The molecule has 0 heterocycles. The number of hydrogen-bond donors (Lipinski definition) is 1. The number of benzene rings is 1. The predicted molar refractivity (Wildman–Crippen MR) is 129 cm³/mol. The molecule has 1 aromatic rings. The van der Waals surface area contributed by atoms with E-state index in [1.54, 1.807) is 7.11 Å². The number of likely N-dealkylation sites (N-methyl/N-ethyl adjacent to an activating group) is 1. The van der Waals surface area contributed by atoms with E-state index >= 15 is 0 Å². The van der Waals surface area contributed by atoms with Gasteiger partial charge in [-0.05, 0) is 47.6 Å². The molecule has 30 heavy (non-hydrogen) atoms. The zero-order valence-corrected chi connectivity index (χ0v) is 20.8. The number of amides is 1. The van der Waals surface area contributed by atoms with E-state index in [4.69, 9.17) is 4.74 Å². The molecule has 0 saturated heterocycles. The molecule has 1 saturated carbocycles. The van der Waals surface area contributed by atoms with Crippen LogP contribution in [0.15, 0.2) is 24.3 Å². The maximum Gasteiger partial charge on any atom is 0.279 e. The molecule has 1 atom stereocenters. The number of quaternary nitrogens is 1. The van der Waals surface area contributed by atoms with Gasteiger partial charge in [-0.2, -0.15) is 11.8 Å². The quantitative estimate of drug-likeness (QED) is 0.491. The van der Waals surface area contributed by atoms with Crippen molar-refractivity contribution in [2.45, 2.75) is 65.5 Å². The van der Waals surface area contributed by atoms with Gasteiger partial charge in [0.2, 0.25) is 0 Å². The fourth-order valence-electron chi connectivity index (χ4n) is 3.95. The Morgan fingerprint density at radius 1 is 1.20 bits per heavy atom. The minimum atomic E-state index is -0.0306. The number of nitrogens with one attached hydrogen (secondary N) is 1. The molecule has 0 aromatic heterocycles. The number of carbonyl (C=O) groups is 1. The summed E-state index contributed by atoms with van der Waals surface area (Å²) in [6, 6.07) is 7.89. The van der Waals surface area contributed by atoms with E-state index < -0.39 is 0 Å². The second-order valence-corrected chi connectivity index (χ2v) is 11.7.